The Morgan fingerprint density at radius 3 is 2.41 bits per heavy atom. The van der Waals surface area contributed by atoms with E-state index in [1.165, 1.54) is 0 Å². The standard InChI is InChI=1S/C26H27NO5/c1-14-17(4)31-24-16(3)25-20(12-19(14)24)15(2)21(26(29)32-25)13-23(28)27-11-10-18-8-6-7-9-22(18)30-5/h6-9,12H,10-11,13H2,1-5H3,(H,27,28). The molecular weight excluding hydrogens is 406 g/mol. The first kappa shape index (κ1) is 21.7. The van der Waals surface area contributed by atoms with Crippen molar-refractivity contribution in [1.29, 1.82) is 0 Å². The molecule has 4 rings (SSSR count). The molecule has 166 valence electrons. The Morgan fingerprint density at radius 2 is 1.66 bits per heavy atom. The minimum atomic E-state index is -0.489. The molecule has 2 aromatic carbocycles. The molecule has 1 amide bonds. The Kier molecular flexibility index (Phi) is 5.78. The van der Waals surface area contributed by atoms with E-state index in [1.807, 2.05) is 58.0 Å². The van der Waals surface area contributed by atoms with Gasteiger partial charge in [0.05, 0.1) is 19.1 Å². The Morgan fingerprint density at radius 1 is 0.969 bits per heavy atom. The molecule has 2 heterocycles. The summed E-state index contributed by atoms with van der Waals surface area (Å²) in [5.74, 6) is 1.41. The average Bonchev–Trinajstić information content (AvgIpc) is 3.07. The minimum absolute atomic E-state index is 0.0312. The largest absolute Gasteiger partial charge is 0.496 e. The van der Waals surface area contributed by atoms with Gasteiger partial charge in [-0.05, 0) is 62.9 Å². The smallest absolute Gasteiger partial charge is 0.340 e. The number of para-hydroxylation sites is 1. The molecule has 0 bridgehead atoms. The summed E-state index contributed by atoms with van der Waals surface area (Å²) in [4.78, 5) is 25.3. The topological polar surface area (TPSA) is 81.7 Å². The Labute approximate surface area is 186 Å². The highest BCUT2D eigenvalue weighted by Crippen LogP contribution is 2.34. The minimum Gasteiger partial charge on any atom is -0.496 e. The first-order valence-corrected chi connectivity index (χ1v) is 10.7. The van der Waals surface area contributed by atoms with E-state index in [9.17, 15) is 9.59 Å². The van der Waals surface area contributed by atoms with Gasteiger partial charge in [0.25, 0.3) is 0 Å². The van der Waals surface area contributed by atoms with Crippen LogP contribution < -0.4 is 15.7 Å². The van der Waals surface area contributed by atoms with Crippen molar-refractivity contribution in [3.63, 3.8) is 0 Å². The van der Waals surface area contributed by atoms with E-state index in [0.717, 1.165) is 50.1 Å². The van der Waals surface area contributed by atoms with Gasteiger partial charge >= 0.3 is 5.63 Å². The molecule has 0 spiro atoms. The summed E-state index contributed by atoms with van der Waals surface area (Å²) in [5, 5.41) is 4.72. The highest BCUT2D eigenvalue weighted by atomic mass is 16.5. The van der Waals surface area contributed by atoms with Crippen LogP contribution in [0.5, 0.6) is 5.75 Å². The molecule has 1 N–H and O–H groups in total. The zero-order valence-corrected chi connectivity index (χ0v) is 19.0. The third-order valence-corrected chi connectivity index (χ3v) is 6.19. The second-order valence-electron chi connectivity index (χ2n) is 8.12. The molecule has 0 atom stereocenters. The highest BCUT2D eigenvalue weighted by Gasteiger charge is 2.20. The Hall–Kier alpha value is -3.54. The van der Waals surface area contributed by atoms with Gasteiger partial charge in [0.15, 0.2) is 0 Å². The number of carbonyl (C=O) groups is 1. The predicted molar refractivity (Wildman–Crippen MR) is 125 cm³/mol. The first-order valence-electron chi connectivity index (χ1n) is 10.7. The second-order valence-corrected chi connectivity index (χ2v) is 8.12. The van der Waals surface area contributed by atoms with Crippen molar-refractivity contribution in [2.45, 2.75) is 40.5 Å². The highest BCUT2D eigenvalue weighted by molar-refractivity contribution is 6.00. The van der Waals surface area contributed by atoms with Gasteiger partial charge in [-0.1, -0.05) is 18.2 Å². The number of fused-ring (bicyclic) bond motifs is 2. The van der Waals surface area contributed by atoms with Crippen LogP contribution in [0.3, 0.4) is 0 Å². The van der Waals surface area contributed by atoms with E-state index in [-0.39, 0.29) is 12.3 Å². The zero-order valence-electron chi connectivity index (χ0n) is 19.0. The lowest BCUT2D eigenvalue weighted by atomic mass is 9.98. The molecule has 32 heavy (non-hydrogen) atoms. The van der Waals surface area contributed by atoms with Gasteiger partial charge < -0.3 is 18.9 Å². The number of hydrogen-bond donors (Lipinski definition) is 1. The molecule has 6 nitrogen and oxygen atoms in total. The quantitative estimate of drug-likeness (QED) is 0.447. The lowest BCUT2D eigenvalue weighted by molar-refractivity contribution is -0.120. The lowest BCUT2D eigenvalue weighted by Gasteiger charge is -2.11. The number of carbonyl (C=O) groups excluding carboxylic acids is 1. The van der Waals surface area contributed by atoms with Crippen LogP contribution in [-0.4, -0.2) is 19.6 Å². The van der Waals surface area contributed by atoms with Gasteiger partial charge in [0.2, 0.25) is 5.91 Å². The molecule has 6 heteroatoms. The first-order chi connectivity index (χ1) is 15.3. The zero-order chi connectivity index (χ0) is 23.0. The normalized spacial score (nSPS) is 11.3. The van der Waals surface area contributed by atoms with Gasteiger partial charge in [-0.25, -0.2) is 4.79 Å². The van der Waals surface area contributed by atoms with E-state index in [1.54, 1.807) is 7.11 Å². The van der Waals surface area contributed by atoms with Gasteiger partial charge in [0.1, 0.15) is 22.7 Å². The molecule has 0 fully saturated rings. The van der Waals surface area contributed by atoms with Gasteiger partial charge in [-0.15, -0.1) is 0 Å². The predicted octanol–water partition coefficient (Wildman–Crippen LogP) is 4.68. The van der Waals surface area contributed by atoms with Crippen LogP contribution in [0.4, 0.5) is 0 Å². The maximum Gasteiger partial charge on any atom is 0.340 e. The summed E-state index contributed by atoms with van der Waals surface area (Å²) < 4.78 is 16.9. The molecule has 0 unspecified atom stereocenters. The van der Waals surface area contributed by atoms with Gasteiger partial charge in [-0.3, -0.25) is 4.79 Å². The Bertz CT molecular complexity index is 1390. The van der Waals surface area contributed by atoms with Crippen LogP contribution >= 0.6 is 0 Å². The van der Waals surface area contributed by atoms with Crippen molar-refractivity contribution in [3.8, 4) is 5.75 Å². The fourth-order valence-electron chi connectivity index (χ4n) is 4.17. The van der Waals surface area contributed by atoms with Crippen LogP contribution in [0.1, 0.15) is 33.6 Å². The van der Waals surface area contributed by atoms with E-state index < -0.39 is 5.63 Å². The summed E-state index contributed by atoms with van der Waals surface area (Å²) in [6.45, 7) is 8.13. The summed E-state index contributed by atoms with van der Waals surface area (Å²) >= 11 is 0. The van der Waals surface area contributed by atoms with E-state index in [2.05, 4.69) is 5.32 Å². The van der Waals surface area contributed by atoms with E-state index in [4.69, 9.17) is 13.6 Å². The van der Waals surface area contributed by atoms with Crippen molar-refractivity contribution in [2.75, 3.05) is 13.7 Å². The third kappa shape index (κ3) is 3.77. The Balaban J connectivity index is 1.58. The number of nitrogens with one attached hydrogen (secondary N) is 1. The number of methoxy groups -OCH3 is 1. The maximum absolute atomic E-state index is 12.7. The van der Waals surface area contributed by atoms with E-state index >= 15 is 0 Å². The number of benzene rings is 2. The van der Waals surface area contributed by atoms with Crippen molar-refractivity contribution < 1.29 is 18.4 Å². The number of aryl methyl sites for hydroxylation is 4. The molecule has 2 aromatic heterocycles. The number of rotatable bonds is 6. The summed E-state index contributed by atoms with van der Waals surface area (Å²) in [6.07, 6.45) is 0.605. The number of amides is 1. The third-order valence-electron chi connectivity index (χ3n) is 6.19. The van der Waals surface area contributed by atoms with E-state index in [0.29, 0.717) is 24.1 Å². The monoisotopic (exact) mass is 433 g/mol. The molecule has 4 aromatic rings. The molecule has 0 radical (unpaired) electrons. The second kappa shape index (κ2) is 8.54. The van der Waals surface area contributed by atoms with Crippen LogP contribution in [-0.2, 0) is 17.6 Å². The lowest BCUT2D eigenvalue weighted by Crippen LogP contribution is -2.29. The maximum atomic E-state index is 12.7. The van der Waals surface area contributed by atoms with Crippen LogP contribution in [0, 0.1) is 27.7 Å². The molecule has 0 aliphatic heterocycles. The van der Waals surface area contributed by atoms with Crippen molar-refractivity contribution in [3.05, 3.63) is 74.3 Å². The molecule has 0 saturated carbocycles. The summed E-state index contributed by atoms with van der Waals surface area (Å²) in [5.41, 5.74) is 4.77. The van der Waals surface area contributed by atoms with Crippen LogP contribution in [0.2, 0.25) is 0 Å². The summed E-state index contributed by atoms with van der Waals surface area (Å²) in [7, 11) is 1.63. The number of furan rings is 1. The average molecular weight is 434 g/mol. The molecular formula is C26H27NO5. The SMILES string of the molecule is COc1ccccc1CCNC(=O)Cc1c(C)c2cc3c(C)c(C)oc3c(C)c2oc1=O. The van der Waals surface area contributed by atoms with Crippen LogP contribution in [0.25, 0.3) is 21.9 Å². The fourth-order valence-corrected chi connectivity index (χ4v) is 4.17. The number of ether oxygens (including phenoxy) is 1. The van der Waals surface area contributed by atoms with Crippen molar-refractivity contribution in [1.82, 2.24) is 5.32 Å². The van der Waals surface area contributed by atoms with Crippen molar-refractivity contribution >= 4 is 27.8 Å². The molecule has 0 aliphatic carbocycles. The molecule has 0 aliphatic rings. The number of hydrogen-bond acceptors (Lipinski definition) is 5. The van der Waals surface area contributed by atoms with Gasteiger partial charge in [-0.2, -0.15) is 0 Å². The van der Waals surface area contributed by atoms with Crippen LogP contribution in [0.15, 0.2) is 44.0 Å². The summed E-state index contributed by atoms with van der Waals surface area (Å²) in [6, 6.07) is 9.69. The van der Waals surface area contributed by atoms with Gasteiger partial charge in [0, 0.05) is 22.9 Å². The molecule has 0 saturated heterocycles. The fraction of sp³-hybridized carbons (Fsp3) is 0.308. The van der Waals surface area contributed by atoms with Crippen molar-refractivity contribution in [2.24, 2.45) is 0 Å².